The van der Waals surface area contributed by atoms with E-state index in [0.29, 0.717) is 13.1 Å². The van der Waals surface area contributed by atoms with Gasteiger partial charge in [-0.3, -0.25) is 4.79 Å². The first-order valence-corrected chi connectivity index (χ1v) is 6.04. The van der Waals surface area contributed by atoms with Crippen molar-refractivity contribution in [2.45, 2.75) is 13.3 Å². The summed E-state index contributed by atoms with van der Waals surface area (Å²) in [6, 6.07) is 6.61. The van der Waals surface area contributed by atoms with Gasteiger partial charge in [-0.25, -0.2) is 0 Å². The third-order valence-electron chi connectivity index (χ3n) is 2.49. The molecule has 1 aromatic carbocycles. The molecule has 0 spiro atoms. The number of rotatable bonds is 6. The van der Waals surface area contributed by atoms with Gasteiger partial charge in [-0.05, 0) is 30.2 Å². The van der Waals surface area contributed by atoms with E-state index < -0.39 is 0 Å². The van der Waals surface area contributed by atoms with Crippen LogP contribution in [-0.2, 0) is 4.79 Å². The molecule has 4 heteroatoms. The van der Waals surface area contributed by atoms with Gasteiger partial charge in [0.05, 0.1) is 6.61 Å². The Morgan fingerprint density at radius 1 is 1.28 bits per heavy atom. The highest BCUT2D eigenvalue weighted by molar-refractivity contribution is 5.91. The van der Waals surface area contributed by atoms with Crippen molar-refractivity contribution >= 4 is 12.0 Å². The third kappa shape index (κ3) is 4.59. The van der Waals surface area contributed by atoms with Gasteiger partial charge in [0, 0.05) is 19.2 Å². The zero-order chi connectivity index (χ0) is 13.4. The summed E-state index contributed by atoms with van der Waals surface area (Å²) < 4.78 is 0. The van der Waals surface area contributed by atoms with E-state index in [1.165, 1.54) is 6.08 Å². The Balaban J connectivity index is 2.63. The van der Waals surface area contributed by atoms with Crippen LogP contribution in [0.25, 0.3) is 6.08 Å². The average molecular weight is 249 g/mol. The molecule has 98 valence electrons. The molecule has 0 saturated carbocycles. The van der Waals surface area contributed by atoms with E-state index >= 15 is 0 Å². The van der Waals surface area contributed by atoms with Crippen molar-refractivity contribution in [3.8, 4) is 5.75 Å². The van der Waals surface area contributed by atoms with Crippen molar-refractivity contribution in [1.82, 2.24) is 4.90 Å². The topological polar surface area (TPSA) is 60.8 Å². The lowest BCUT2D eigenvalue weighted by atomic mass is 10.2. The molecule has 1 amide bonds. The normalized spacial score (nSPS) is 10.8. The number of phenols is 1. The maximum atomic E-state index is 11.8. The molecule has 0 fully saturated rings. The van der Waals surface area contributed by atoms with Crippen LogP contribution >= 0.6 is 0 Å². The number of phenolic OH excluding ortho intramolecular Hbond substituents is 1. The maximum absolute atomic E-state index is 11.8. The minimum absolute atomic E-state index is 0.0290. The SMILES string of the molecule is CCCN(CCO)C(=O)/C=C/c1ccc(O)cc1. The number of hydrogen-bond donors (Lipinski definition) is 2. The molecule has 18 heavy (non-hydrogen) atoms. The molecule has 0 aliphatic rings. The second kappa shape index (κ2) is 7.50. The zero-order valence-corrected chi connectivity index (χ0v) is 10.5. The van der Waals surface area contributed by atoms with Crippen LogP contribution < -0.4 is 0 Å². The van der Waals surface area contributed by atoms with Crippen LogP contribution in [0.1, 0.15) is 18.9 Å². The van der Waals surface area contributed by atoms with Crippen LogP contribution in [0.15, 0.2) is 30.3 Å². The highest BCUT2D eigenvalue weighted by Crippen LogP contribution is 2.10. The maximum Gasteiger partial charge on any atom is 0.246 e. The van der Waals surface area contributed by atoms with Crippen molar-refractivity contribution < 1.29 is 15.0 Å². The first-order valence-electron chi connectivity index (χ1n) is 6.04. The van der Waals surface area contributed by atoms with E-state index in [4.69, 9.17) is 10.2 Å². The van der Waals surface area contributed by atoms with Gasteiger partial charge in [-0.15, -0.1) is 0 Å². The van der Waals surface area contributed by atoms with E-state index in [-0.39, 0.29) is 18.3 Å². The number of nitrogens with zero attached hydrogens (tertiary/aromatic N) is 1. The summed E-state index contributed by atoms with van der Waals surface area (Å²) in [5.74, 6) is 0.0883. The Hall–Kier alpha value is -1.81. The number of hydrogen-bond acceptors (Lipinski definition) is 3. The lowest BCUT2D eigenvalue weighted by molar-refractivity contribution is -0.126. The van der Waals surface area contributed by atoms with Crippen molar-refractivity contribution in [3.05, 3.63) is 35.9 Å². The molecule has 4 nitrogen and oxygen atoms in total. The summed E-state index contributed by atoms with van der Waals surface area (Å²) in [6.45, 7) is 2.95. The summed E-state index contributed by atoms with van der Waals surface area (Å²) in [5.41, 5.74) is 0.849. The van der Waals surface area contributed by atoms with Crippen LogP contribution in [0.4, 0.5) is 0 Å². The van der Waals surface area contributed by atoms with Gasteiger partial charge in [-0.1, -0.05) is 19.1 Å². The molecule has 0 saturated heterocycles. The summed E-state index contributed by atoms with van der Waals surface area (Å²) in [5, 5.41) is 18.0. The van der Waals surface area contributed by atoms with Crippen LogP contribution in [0.5, 0.6) is 5.75 Å². The van der Waals surface area contributed by atoms with Crippen molar-refractivity contribution in [2.24, 2.45) is 0 Å². The lowest BCUT2D eigenvalue weighted by Crippen LogP contribution is -2.32. The fourth-order valence-electron chi connectivity index (χ4n) is 1.58. The summed E-state index contributed by atoms with van der Waals surface area (Å²) >= 11 is 0. The van der Waals surface area contributed by atoms with E-state index in [9.17, 15) is 4.79 Å². The van der Waals surface area contributed by atoms with Crippen molar-refractivity contribution in [3.63, 3.8) is 0 Å². The van der Waals surface area contributed by atoms with Crippen LogP contribution in [-0.4, -0.2) is 40.7 Å². The highest BCUT2D eigenvalue weighted by atomic mass is 16.3. The predicted octanol–water partition coefficient (Wildman–Crippen LogP) is 1.64. The van der Waals surface area contributed by atoms with E-state index in [1.807, 2.05) is 6.92 Å². The Kier molecular flexibility index (Phi) is 5.94. The van der Waals surface area contributed by atoms with Gasteiger partial charge in [0.25, 0.3) is 0 Å². The predicted molar refractivity (Wildman–Crippen MR) is 71.1 cm³/mol. The number of aliphatic hydroxyl groups excluding tert-OH is 1. The highest BCUT2D eigenvalue weighted by Gasteiger charge is 2.07. The zero-order valence-electron chi connectivity index (χ0n) is 10.5. The number of amides is 1. The summed E-state index contributed by atoms with van der Waals surface area (Å²) in [7, 11) is 0. The van der Waals surface area contributed by atoms with Crippen LogP contribution in [0.2, 0.25) is 0 Å². The van der Waals surface area contributed by atoms with Crippen molar-refractivity contribution in [1.29, 1.82) is 0 Å². The van der Waals surface area contributed by atoms with E-state index in [0.717, 1.165) is 12.0 Å². The van der Waals surface area contributed by atoms with E-state index in [1.54, 1.807) is 35.2 Å². The summed E-state index contributed by atoms with van der Waals surface area (Å²) in [6.07, 6.45) is 4.04. The van der Waals surface area contributed by atoms with Gasteiger partial charge in [0.1, 0.15) is 5.75 Å². The number of aliphatic hydroxyl groups is 1. The number of benzene rings is 1. The van der Waals surface area contributed by atoms with Crippen molar-refractivity contribution in [2.75, 3.05) is 19.7 Å². The largest absolute Gasteiger partial charge is 0.508 e. The van der Waals surface area contributed by atoms with Gasteiger partial charge in [0.15, 0.2) is 0 Å². The van der Waals surface area contributed by atoms with Gasteiger partial charge in [0.2, 0.25) is 5.91 Å². The number of carbonyl (C=O) groups excluding carboxylic acids is 1. The Morgan fingerprint density at radius 3 is 2.50 bits per heavy atom. The molecule has 0 unspecified atom stereocenters. The molecular weight excluding hydrogens is 230 g/mol. The first-order chi connectivity index (χ1) is 8.67. The molecule has 0 bridgehead atoms. The molecule has 0 aromatic heterocycles. The van der Waals surface area contributed by atoms with Crippen LogP contribution in [0.3, 0.4) is 0 Å². The minimum atomic E-state index is -0.112. The molecule has 0 radical (unpaired) electrons. The molecule has 0 aliphatic heterocycles. The minimum Gasteiger partial charge on any atom is -0.508 e. The van der Waals surface area contributed by atoms with Gasteiger partial charge < -0.3 is 15.1 Å². The Morgan fingerprint density at radius 2 is 1.94 bits per heavy atom. The standard InChI is InChI=1S/C14H19NO3/c1-2-9-15(10-11-16)14(18)8-5-12-3-6-13(17)7-4-12/h3-8,16-17H,2,9-11H2,1H3/b8-5+. The fourth-order valence-corrected chi connectivity index (χ4v) is 1.58. The quantitative estimate of drug-likeness (QED) is 0.753. The molecule has 0 atom stereocenters. The lowest BCUT2D eigenvalue weighted by Gasteiger charge is -2.18. The average Bonchev–Trinajstić information content (AvgIpc) is 2.37. The second-order valence-electron chi connectivity index (χ2n) is 3.97. The molecular formula is C14H19NO3. The second-order valence-corrected chi connectivity index (χ2v) is 3.97. The van der Waals surface area contributed by atoms with Gasteiger partial charge in [-0.2, -0.15) is 0 Å². The molecule has 1 aromatic rings. The summed E-state index contributed by atoms with van der Waals surface area (Å²) in [4.78, 5) is 13.5. The smallest absolute Gasteiger partial charge is 0.246 e. The monoisotopic (exact) mass is 249 g/mol. The molecule has 0 aliphatic carbocycles. The van der Waals surface area contributed by atoms with Gasteiger partial charge >= 0.3 is 0 Å². The molecule has 2 N–H and O–H groups in total. The number of carbonyl (C=O) groups is 1. The van der Waals surface area contributed by atoms with Crippen LogP contribution in [0, 0.1) is 0 Å². The molecule has 0 heterocycles. The Bertz CT molecular complexity index is 392. The Labute approximate surface area is 107 Å². The fraction of sp³-hybridized carbons (Fsp3) is 0.357. The molecule has 1 rings (SSSR count). The third-order valence-corrected chi connectivity index (χ3v) is 2.49. The van der Waals surface area contributed by atoms with E-state index in [2.05, 4.69) is 0 Å². The number of aromatic hydroxyl groups is 1. The first kappa shape index (κ1) is 14.3.